The van der Waals surface area contributed by atoms with E-state index in [0.29, 0.717) is 33.3 Å². The topological polar surface area (TPSA) is 84.2 Å². The van der Waals surface area contributed by atoms with E-state index >= 15 is 0 Å². The maximum Gasteiger partial charge on any atom is 0.250 e. The van der Waals surface area contributed by atoms with E-state index in [2.05, 4.69) is 56.4 Å². The van der Waals surface area contributed by atoms with Gasteiger partial charge < -0.3 is 5.32 Å². The van der Waals surface area contributed by atoms with Crippen LogP contribution in [-0.2, 0) is 11.3 Å². The second kappa shape index (κ2) is 12.7. The molecule has 2 N–H and O–H groups in total. The van der Waals surface area contributed by atoms with E-state index in [-0.39, 0.29) is 11.7 Å². The van der Waals surface area contributed by atoms with E-state index in [0.717, 1.165) is 32.8 Å². The summed E-state index contributed by atoms with van der Waals surface area (Å²) in [5.74, 6) is 0.427. The fourth-order valence-corrected chi connectivity index (χ4v) is 5.92. The first kappa shape index (κ1) is 27.8. The van der Waals surface area contributed by atoms with Gasteiger partial charge in [-0.05, 0) is 57.9 Å². The molecule has 0 fully saturated rings. The number of aromatic nitrogens is 3. The normalized spacial score (nSPS) is 11.4. The fraction of sp³-hybridized carbons (Fsp3) is 0.0625. The van der Waals surface area contributed by atoms with Crippen LogP contribution in [0.15, 0.2) is 113 Å². The zero-order chi connectivity index (χ0) is 28.9. The summed E-state index contributed by atoms with van der Waals surface area (Å²) in [6.45, 7) is 0.395. The summed E-state index contributed by atoms with van der Waals surface area (Å²) < 4.78 is 1.83. The quantitative estimate of drug-likeness (QED) is 0.0757. The molecule has 0 saturated heterocycles. The smallest absolute Gasteiger partial charge is 0.250 e. The van der Waals surface area contributed by atoms with Gasteiger partial charge in [-0.2, -0.15) is 5.10 Å². The number of fused-ring (bicyclic) bond motifs is 2. The van der Waals surface area contributed by atoms with Gasteiger partial charge in [-0.3, -0.25) is 9.36 Å². The van der Waals surface area contributed by atoms with Crippen LogP contribution in [0.2, 0.25) is 10.0 Å². The lowest BCUT2D eigenvalue weighted by Crippen LogP contribution is -2.20. The standard InChI is InChI=1S/C32H24Cl2N6OS/c33-23-14-15-29(28(34)17-23)40-30(19-35-24-10-2-1-3-11-24)37-39-32(40)42-20-31(41)38-36-18-27-25-12-6-4-8-21(25)16-22-9-5-7-13-26(22)27/h1-18,35H,19-20H2,(H,38,41)/b36-18+. The van der Waals surface area contributed by atoms with Crippen molar-refractivity contribution in [2.75, 3.05) is 11.1 Å². The number of hydrogen-bond donors (Lipinski definition) is 2. The van der Waals surface area contributed by atoms with Gasteiger partial charge in [-0.25, -0.2) is 5.43 Å². The molecule has 0 atom stereocenters. The molecule has 0 unspecified atom stereocenters. The highest BCUT2D eigenvalue weighted by atomic mass is 35.5. The molecule has 0 spiro atoms. The summed E-state index contributed by atoms with van der Waals surface area (Å²) >= 11 is 14.0. The number of carbonyl (C=O) groups is 1. The minimum atomic E-state index is -0.276. The number of carbonyl (C=O) groups excluding carboxylic acids is 1. The number of rotatable bonds is 9. The van der Waals surface area contributed by atoms with Crippen LogP contribution in [0.4, 0.5) is 5.69 Å². The van der Waals surface area contributed by atoms with Crippen molar-refractivity contribution >= 4 is 74.3 Å². The van der Waals surface area contributed by atoms with Gasteiger partial charge in [-0.15, -0.1) is 10.2 Å². The number of thioether (sulfide) groups is 1. The number of halogens is 2. The molecular formula is C32H24Cl2N6OS. The lowest BCUT2D eigenvalue weighted by molar-refractivity contribution is -0.118. The molecule has 0 aliphatic heterocycles. The molecule has 5 aromatic carbocycles. The molecule has 1 amide bonds. The van der Waals surface area contributed by atoms with E-state index in [1.54, 1.807) is 18.3 Å². The monoisotopic (exact) mass is 610 g/mol. The average Bonchev–Trinajstić information content (AvgIpc) is 3.41. The highest BCUT2D eigenvalue weighted by Crippen LogP contribution is 2.30. The lowest BCUT2D eigenvalue weighted by atomic mass is 9.97. The Balaban J connectivity index is 1.20. The Morgan fingerprint density at radius 2 is 1.55 bits per heavy atom. The molecule has 1 heterocycles. The number of benzene rings is 5. The molecular weight excluding hydrogens is 587 g/mol. The third-order valence-electron chi connectivity index (χ3n) is 6.60. The van der Waals surface area contributed by atoms with E-state index in [4.69, 9.17) is 23.2 Å². The van der Waals surface area contributed by atoms with E-state index in [9.17, 15) is 4.79 Å². The highest BCUT2D eigenvalue weighted by molar-refractivity contribution is 7.99. The van der Waals surface area contributed by atoms with E-state index in [1.807, 2.05) is 65.2 Å². The minimum Gasteiger partial charge on any atom is -0.378 e. The number of amides is 1. The van der Waals surface area contributed by atoms with Crippen molar-refractivity contribution in [3.8, 4) is 5.69 Å². The molecule has 6 aromatic rings. The average molecular weight is 612 g/mol. The van der Waals surface area contributed by atoms with Gasteiger partial charge >= 0.3 is 0 Å². The molecule has 1 aromatic heterocycles. The molecule has 10 heteroatoms. The Hall–Kier alpha value is -4.37. The third kappa shape index (κ3) is 6.11. The number of hydrogen-bond acceptors (Lipinski definition) is 6. The molecule has 42 heavy (non-hydrogen) atoms. The zero-order valence-corrected chi connectivity index (χ0v) is 24.5. The molecule has 6 rings (SSSR count). The number of nitrogens with one attached hydrogen (secondary N) is 2. The molecule has 208 valence electrons. The number of hydrazone groups is 1. The van der Waals surface area contributed by atoms with Crippen LogP contribution in [0.25, 0.3) is 27.2 Å². The number of anilines is 1. The van der Waals surface area contributed by atoms with Crippen LogP contribution < -0.4 is 10.7 Å². The Bertz CT molecular complexity index is 1870. The van der Waals surface area contributed by atoms with Crippen LogP contribution in [0.5, 0.6) is 0 Å². The van der Waals surface area contributed by atoms with Gasteiger partial charge in [0.25, 0.3) is 5.91 Å². The maximum absolute atomic E-state index is 12.9. The first-order valence-corrected chi connectivity index (χ1v) is 14.8. The zero-order valence-electron chi connectivity index (χ0n) is 22.2. The minimum absolute atomic E-state index is 0.0725. The summed E-state index contributed by atoms with van der Waals surface area (Å²) in [6.07, 6.45) is 1.70. The van der Waals surface area contributed by atoms with Gasteiger partial charge in [0.2, 0.25) is 0 Å². The van der Waals surface area contributed by atoms with Crippen molar-refractivity contribution < 1.29 is 4.79 Å². The summed E-state index contributed by atoms with van der Waals surface area (Å²) in [6, 6.07) is 33.4. The summed E-state index contributed by atoms with van der Waals surface area (Å²) in [5.41, 5.74) is 5.22. The van der Waals surface area contributed by atoms with Gasteiger partial charge in [0.15, 0.2) is 11.0 Å². The first-order chi connectivity index (χ1) is 20.6. The Morgan fingerprint density at radius 3 is 2.26 bits per heavy atom. The summed E-state index contributed by atoms with van der Waals surface area (Å²) in [7, 11) is 0. The molecule has 0 radical (unpaired) electrons. The second-order valence-electron chi connectivity index (χ2n) is 9.36. The summed E-state index contributed by atoms with van der Waals surface area (Å²) in [5, 5.41) is 22.2. The van der Waals surface area contributed by atoms with Crippen LogP contribution in [-0.4, -0.2) is 32.6 Å². The van der Waals surface area contributed by atoms with Crippen molar-refractivity contribution in [3.05, 3.63) is 125 Å². The van der Waals surface area contributed by atoms with Crippen molar-refractivity contribution in [2.45, 2.75) is 11.7 Å². The van der Waals surface area contributed by atoms with Gasteiger partial charge in [0.05, 0.1) is 29.2 Å². The van der Waals surface area contributed by atoms with Crippen molar-refractivity contribution in [1.82, 2.24) is 20.2 Å². The fourth-order valence-electron chi connectivity index (χ4n) is 4.67. The third-order valence-corrected chi connectivity index (χ3v) is 8.07. The molecule has 0 bridgehead atoms. The van der Waals surface area contributed by atoms with E-state index < -0.39 is 0 Å². The van der Waals surface area contributed by atoms with Crippen LogP contribution in [0, 0.1) is 0 Å². The molecule has 0 aliphatic carbocycles. The summed E-state index contributed by atoms with van der Waals surface area (Å²) in [4.78, 5) is 12.9. The lowest BCUT2D eigenvalue weighted by Gasteiger charge is -2.13. The van der Waals surface area contributed by atoms with Crippen molar-refractivity contribution in [3.63, 3.8) is 0 Å². The van der Waals surface area contributed by atoms with Gasteiger partial charge in [0.1, 0.15) is 0 Å². The first-order valence-electron chi connectivity index (χ1n) is 13.1. The predicted molar refractivity (Wildman–Crippen MR) is 173 cm³/mol. The molecule has 0 saturated carbocycles. The van der Waals surface area contributed by atoms with Gasteiger partial charge in [-0.1, -0.05) is 102 Å². The second-order valence-corrected chi connectivity index (χ2v) is 11.2. The SMILES string of the molecule is O=C(CSc1nnc(CNc2ccccc2)n1-c1ccc(Cl)cc1Cl)N/N=C/c1c2ccccc2cc2ccccc12. The van der Waals surface area contributed by atoms with Crippen LogP contribution >= 0.6 is 35.0 Å². The van der Waals surface area contributed by atoms with Gasteiger partial charge in [0, 0.05) is 16.3 Å². The highest BCUT2D eigenvalue weighted by Gasteiger charge is 2.18. The van der Waals surface area contributed by atoms with Crippen molar-refractivity contribution in [1.29, 1.82) is 0 Å². The maximum atomic E-state index is 12.9. The van der Waals surface area contributed by atoms with Crippen LogP contribution in [0.1, 0.15) is 11.4 Å². The van der Waals surface area contributed by atoms with E-state index in [1.165, 1.54) is 11.8 Å². The Labute approximate surface area is 256 Å². The predicted octanol–water partition coefficient (Wildman–Crippen LogP) is 7.74. The largest absolute Gasteiger partial charge is 0.378 e. The van der Waals surface area contributed by atoms with Crippen molar-refractivity contribution in [2.24, 2.45) is 5.10 Å². The Kier molecular flexibility index (Phi) is 8.37. The Morgan fingerprint density at radius 1 is 0.857 bits per heavy atom. The number of para-hydroxylation sites is 1. The molecule has 7 nitrogen and oxygen atoms in total. The molecule has 0 aliphatic rings. The number of nitrogens with zero attached hydrogens (tertiary/aromatic N) is 4. The van der Waals surface area contributed by atoms with Crippen LogP contribution in [0.3, 0.4) is 0 Å².